The number of hydrogen-bond acceptors (Lipinski definition) is 6. The normalized spacial score (nSPS) is 28.5. The van der Waals surface area contributed by atoms with Gasteiger partial charge in [0.2, 0.25) is 0 Å². The summed E-state index contributed by atoms with van der Waals surface area (Å²) in [4.78, 5) is 24.0. The van der Waals surface area contributed by atoms with Gasteiger partial charge in [0.1, 0.15) is 0 Å². The van der Waals surface area contributed by atoms with Crippen LogP contribution in [0.15, 0.2) is 12.2 Å². The number of carbonyl (C=O) groups excluding carboxylic acids is 2. The van der Waals surface area contributed by atoms with Crippen molar-refractivity contribution >= 4 is 11.8 Å². The van der Waals surface area contributed by atoms with Crippen LogP contribution in [-0.4, -0.2) is 47.1 Å². The van der Waals surface area contributed by atoms with Crippen LogP contribution in [0, 0.1) is 0 Å². The van der Waals surface area contributed by atoms with Crippen LogP contribution >= 0.6 is 0 Å². The summed E-state index contributed by atoms with van der Waals surface area (Å²) in [7, 11) is 0. The van der Waals surface area contributed by atoms with Crippen molar-refractivity contribution in [2.24, 2.45) is 0 Å². The van der Waals surface area contributed by atoms with Crippen LogP contribution in [0.3, 0.4) is 0 Å². The van der Waals surface area contributed by atoms with E-state index in [9.17, 15) is 14.7 Å². The van der Waals surface area contributed by atoms with Gasteiger partial charge in [-0.2, -0.15) is 0 Å². The second-order valence-electron chi connectivity index (χ2n) is 12.4. The molecule has 0 radical (unpaired) electrons. The van der Waals surface area contributed by atoms with E-state index in [0.717, 1.165) is 19.3 Å². The molecule has 3 aliphatic rings. The molecule has 0 bridgehead atoms. The zero-order chi connectivity index (χ0) is 27.8. The molecular weight excluding hydrogens is 492 g/mol. The fraction of sp³-hybridized carbons (Fsp3) is 0.879. The summed E-state index contributed by atoms with van der Waals surface area (Å²) in [6.07, 6.45) is 27.1. The summed E-state index contributed by atoms with van der Waals surface area (Å²) in [5.41, 5.74) is -0.483. The fourth-order valence-corrected chi connectivity index (χ4v) is 6.49. The number of hydrogen-bond donors (Lipinski definition) is 1. The average molecular weight is 549 g/mol. The molecule has 0 amide bonds. The molecule has 39 heavy (non-hydrogen) atoms. The summed E-state index contributed by atoms with van der Waals surface area (Å²) in [5, 5.41) is 10.5. The van der Waals surface area contributed by atoms with E-state index < -0.39 is 23.6 Å². The molecule has 2 saturated heterocycles. The van der Waals surface area contributed by atoms with E-state index in [4.69, 9.17) is 14.2 Å². The van der Waals surface area contributed by atoms with Crippen LogP contribution in [0.4, 0.5) is 0 Å². The summed E-state index contributed by atoms with van der Waals surface area (Å²) in [6.45, 7) is 2.73. The largest absolute Gasteiger partial charge is 0.466 e. The van der Waals surface area contributed by atoms with Crippen molar-refractivity contribution in [3.05, 3.63) is 12.2 Å². The Morgan fingerprint density at radius 2 is 1.49 bits per heavy atom. The van der Waals surface area contributed by atoms with E-state index in [2.05, 4.69) is 6.92 Å². The molecule has 2 heterocycles. The van der Waals surface area contributed by atoms with E-state index in [1.807, 2.05) is 6.08 Å². The van der Waals surface area contributed by atoms with Gasteiger partial charge in [-0.05, 0) is 31.4 Å². The molecule has 0 saturated carbocycles. The molecular formula is C33H56O6. The molecule has 0 aromatic carbocycles. The highest BCUT2D eigenvalue weighted by Crippen LogP contribution is 2.48. The minimum atomic E-state index is -0.874. The SMILES string of the molecule is CCCCCCCCCCCCCCCCCCOC(=O)CC1CC(O)C[C@]2(CC[C@]3(C=CC(=O)CC3)O2)O1. The highest BCUT2D eigenvalue weighted by Gasteiger charge is 2.53. The van der Waals surface area contributed by atoms with Crippen LogP contribution in [-0.2, 0) is 23.8 Å². The molecule has 2 spiro atoms. The van der Waals surface area contributed by atoms with Gasteiger partial charge in [0.05, 0.1) is 30.8 Å². The van der Waals surface area contributed by atoms with Crippen molar-refractivity contribution in [1.29, 1.82) is 0 Å². The highest BCUT2D eigenvalue weighted by atomic mass is 16.7. The smallest absolute Gasteiger partial charge is 0.308 e. The lowest BCUT2D eigenvalue weighted by Crippen LogP contribution is -2.48. The molecule has 3 rings (SSSR count). The van der Waals surface area contributed by atoms with E-state index in [1.54, 1.807) is 6.08 Å². The molecule has 2 aliphatic heterocycles. The topological polar surface area (TPSA) is 82.1 Å². The van der Waals surface area contributed by atoms with Crippen molar-refractivity contribution in [1.82, 2.24) is 0 Å². The van der Waals surface area contributed by atoms with Gasteiger partial charge in [0.15, 0.2) is 11.6 Å². The number of ether oxygens (including phenoxy) is 3. The second-order valence-corrected chi connectivity index (χ2v) is 12.4. The van der Waals surface area contributed by atoms with Crippen LogP contribution < -0.4 is 0 Å². The molecule has 2 fully saturated rings. The molecule has 2 unspecified atom stereocenters. The molecule has 6 heteroatoms. The lowest BCUT2D eigenvalue weighted by atomic mass is 9.87. The average Bonchev–Trinajstić information content (AvgIpc) is 3.23. The van der Waals surface area contributed by atoms with E-state index in [-0.39, 0.29) is 18.2 Å². The zero-order valence-corrected chi connectivity index (χ0v) is 24.8. The molecule has 0 aromatic heterocycles. The first-order valence-corrected chi connectivity index (χ1v) is 16.4. The number of rotatable bonds is 19. The number of esters is 1. The maximum absolute atomic E-state index is 12.4. The maximum atomic E-state index is 12.4. The van der Waals surface area contributed by atoms with Crippen molar-refractivity contribution < 1.29 is 28.9 Å². The molecule has 224 valence electrons. The summed E-state index contributed by atoms with van der Waals surface area (Å²) >= 11 is 0. The monoisotopic (exact) mass is 548 g/mol. The predicted octanol–water partition coefficient (Wildman–Crippen LogP) is 7.89. The molecule has 1 aliphatic carbocycles. The van der Waals surface area contributed by atoms with Crippen molar-refractivity contribution in [2.45, 2.75) is 178 Å². The number of unbranched alkanes of at least 4 members (excludes halogenated alkanes) is 15. The molecule has 4 atom stereocenters. The van der Waals surface area contributed by atoms with Gasteiger partial charge in [-0.1, -0.05) is 103 Å². The maximum Gasteiger partial charge on any atom is 0.308 e. The minimum absolute atomic E-state index is 0.125. The van der Waals surface area contributed by atoms with Crippen molar-refractivity contribution in [3.8, 4) is 0 Å². The Morgan fingerprint density at radius 1 is 0.897 bits per heavy atom. The lowest BCUT2D eigenvalue weighted by Gasteiger charge is -2.42. The molecule has 6 nitrogen and oxygen atoms in total. The Hall–Kier alpha value is -1.24. The van der Waals surface area contributed by atoms with Crippen LogP contribution in [0.25, 0.3) is 0 Å². The Bertz CT molecular complexity index is 750. The van der Waals surface area contributed by atoms with Gasteiger partial charge >= 0.3 is 5.97 Å². The zero-order valence-electron chi connectivity index (χ0n) is 24.8. The third-order valence-electron chi connectivity index (χ3n) is 8.80. The van der Waals surface area contributed by atoms with Gasteiger partial charge in [-0.25, -0.2) is 0 Å². The quantitative estimate of drug-likeness (QED) is 0.131. The van der Waals surface area contributed by atoms with Crippen LogP contribution in [0.5, 0.6) is 0 Å². The Labute approximate surface area is 237 Å². The summed E-state index contributed by atoms with van der Waals surface area (Å²) in [5.74, 6) is -1.01. The van der Waals surface area contributed by atoms with Crippen molar-refractivity contribution in [3.63, 3.8) is 0 Å². The number of allylic oxidation sites excluding steroid dienone is 1. The fourth-order valence-electron chi connectivity index (χ4n) is 6.49. The first kappa shape index (κ1) is 32.3. The van der Waals surface area contributed by atoms with Gasteiger partial charge in [0.25, 0.3) is 0 Å². The second kappa shape index (κ2) is 17.5. The number of aliphatic hydroxyl groups is 1. The summed E-state index contributed by atoms with van der Waals surface area (Å²) < 4.78 is 18.1. The Kier molecular flexibility index (Phi) is 14.5. The third-order valence-corrected chi connectivity index (χ3v) is 8.80. The standard InChI is InChI=1S/C33H56O6/c1-2-3-4-5-6-7-8-9-10-11-12-13-14-15-16-17-24-37-31(36)26-30-25-29(35)27-33(38-30)23-22-32(39-33)20-18-28(34)19-21-32/h18,20,29-30,35H,2-17,19,21-27H2,1H3/t29?,30?,32-,33-/m1/s1. The van der Waals surface area contributed by atoms with Crippen LogP contribution in [0.2, 0.25) is 0 Å². The van der Waals surface area contributed by atoms with Gasteiger partial charge in [-0.3, -0.25) is 9.59 Å². The lowest BCUT2D eigenvalue weighted by molar-refractivity contribution is -0.297. The van der Waals surface area contributed by atoms with Crippen LogP contribution in [0.1, 0.15) is 155 Å². The van der Waals surface area contributed by atoms with Gasteiger partial charge < -0.3 is 19.3 Å². The molecule has 0 aromatic rings. The first-order valence-electron chi connectivity index (χ1n) is 16.4. The first-order chi connectivity index (χ1) is 18.9. The van der Waals surface area contributed by atoms with Gasteiger partial charge in [-0.15, -0.1) is 0 Å². The molecule has 1 N–H and O–H groups in total. The summed E-state index contributed by atoms with van der Waals surface area (Å²) in [6, 6.07) is 0. The van der Waals surface area contributed by atoms with Crippen molar-refractivity contribution in [2.75, 3.05) is 6.61 Å². The van der Waals surface area contributed by atoms with E-state index in [0.29, 0.717) is 38.7 Å². The minimum Gasteiger partial charge on any atom is -0.466 e. The van der Waals surface area contributed by atoms with E-state index >= 15 is 0 Å². The number of carbonyl (C=O) groups is 2. The number of aliphatic hydroxyl groups excluding tert-OH is 1. The third kappa shape index (κ3) is 12.0. The Morgan fingerprint density at radius 3 is 2.05 bits per heavy atom. The number of ketones is 1. The Balaban J connectivity index is 1.16. The van der Waals surface area contributed by atoms with Gasteiger partial charge in [0, 0.05) is 25.7 Å². The predicted molar refractivity (Wildman–Crippen MR) is 154 cm³/mol. The highest BCUT2D eigenvalue weighted by molar-refractivity contribution is 5.90. The van der Waals surface area contributed by atoms with E-state index in [1.165, 1.54) is 89.9 Å².